The first-order chi connectivity index (χ1) is 7.60. The number of nitrogens with one attached hydrogen (secondary N) is 1. The fourth-order valence-corrected chi connectivity index (χ4v) is 1.76. The highest BCUT2D eigenvalue weighted by atomic mass is 16.3. The summed E-state index contributed by atoms with van der Waals surface area (Å²) in [7, 11) is 0. The highest BCUT2D eigenvalue weighted by Gasteiger charge is 2.11. The van der Waals surface area contributed by atoms with E-state index in [1.54, 1.807) is 0 Å². The molecule has 2 N–H and O–H groups in total. The molecule has 0 spiro atoms. The summed E-state index contributed by atoms with van der Waals surface area (Å²) >= 11 is 0. The maximum absolute atomic E-state index is 8.96. The zero-order chi connectivity index (χ0) is 12.1. The maximum atomic E-state index is 8.96. The number of rotatable bonds is 6. The van der Waals surface area contributed by atoms with E-state index >= 15 is 0 Å². The molecule has 0 aromatic carbocycles. The molecule has 1 atom stereocenters. The topological polar surface area (TPSA) is 50.1 Å². The van der Waals surface area contributed by atoms with Gasteiger partial charge in [-0.05, 0) is 27.2 Å². The van der Waals surface area contributed by atoms with E-state index in [1.807, 2.05) is 13.8 Å². The molecule has 1 aromatic rings. The number of aromatic nitrogens is 2. The first kappa shape index (κ1) is 13.2. The van der Waals surface area contributed by atoms with Gasteiger partial charge in [-0.3, -0.25) is 4.68 Å². The Hall–Kier alpha value is -0.870. The van der Waals surface area contributed by atoms with E-state index in [0.717, 1.165) is 25.2 Å². The predicted octanol–water partition coefficient (Wildman–Crippen LogP) is 1.38. The molecule has 16 heavy (non-hydrogen) atoms. The van der Waals surface area contributed by atoms with E-state index in [-0.39, 0.29) is 12.6 Å². The van der Waals surface area contributed by atoms with Gasteiger partial charge in [0.25, 0.3) is 0 Å². The summed E-state index contributed by atoms with van der Waals surface area (Å²) in [6, 6.07) is 0.133. The van der Waals surface area contributed by atoms with E-state index < -0.39 is 0 Å². The summed E-state index contributed by atoms with van der Waals surface area (Å²) in [4.78, 5) is 0. The van der Waals surface area contributed by atoms with Crippen LogP contribution in [-0.2, 0) is 13.1 Å². The van der Waals surface area contributed by atoms with Crippen LogP contribution in [0.15, 0.2) is 0 Å². The van der Waals surface area contributed by atoms with Gasteiger partial charge in [0, 0.05) is 30.4 Å². The number of hydrogen-bond donors (Lipinski definition) is 2. The van der Waals surface area contributed by atoms with E-state index in [2.05, 4.69) is 28.9 Å². The molecule has 0 aliphatic rings. The minimum absolute atomic E-state index is 0.133. The first-order valence-corrected chi connectivity index (χ1v) is 5.97. The highest BCUT2D eigenvalue weighted by Crippen LogP contribution is 2.13. The van der Waals surface area contributed by atoms with Crippen molar-refractivity contribution in [3.63, 3.8) is 0 Å². The summed E-state index contributed by atoms with van der Waals surface area (Å²) in [6.07, 6.45) is 1.10. The standard InChI is InChI=1S/C12H23N3O/c1-5-6-15-11(4)12(10(3)14-15)7-13-9(2)8-16/h9,13,16H,5-8H2,1-4H3. The molecular formula is C12H23N3O. The molecule has 1 heterocycles. The van der Waals surface area contributed by atoms with Crippen molar-refractivity contribution in [3.8, 4) is 0 Å². The Kier molecular flexibility index (Phi) is 4.96. The number of aryl methyl sites for hydroxylation is 2. The zero-order valence-corrected chi connectivity index (χ0v) is 10.7. The summed E-state index contributed by atoms with van der Waals surface area (Å²) in [5.41, 5.74) is 3.58. The zero-order valence-electron chi connectivity index (χ0n) is 10.7. The third kappa shape index (κ3) is 3.06. The van der Waals surface area contributed by atoms with Crippen molar-refractivity contribution in [1.82, 2.24) is 15.1 Å². The van der Waals surface area contributed by atoms with Crippen LogP contribution in [0.1, 0.15) is 37.2 Å². The van der Waals surface area contributed by atoms with Crippen LogP contribution in [0.25, 0.3) is 0 Å². The molecule has 4 nitrogen and oxygen atoms in total. The molecule has 0 amide bonds. The fraction of sp³-hybridized carbons (Fsp3) is 0.750. The average Bonchev–Trinajstić information content (AvgIpc) is 2.52. The van der Waals surface area contributed by atoms with Gasteiger partial charge in [-0.15, -0.1) is 0 Å². The number of nitrogens with zero attached hydrogens (tertiary/aromatic N) is 2. The first-order valence-electron chi connectivity index (χ1n) is 5.97. The second-order valence-corrected chi connectivity index (χ2v) is 4.34. The van der Waals surface area contributed by atoms with Crippen molar-refractivity contribution in [2.75, 3.05) is 6.61 Å². The average molecular weight is 225 g/mol. The van der Waals surface area contributed by atoms with Gasteiger partial charge in [-0.2, -0.15) is 5.10 Å². The summed E-state index contributed by atoms with van der Waals surface area (Å²) < 4.78 is 2.07. The smallest absolute Gasteiger partial charge is 0.0641 e. The van der Waals surface area contributed by atoms with Gasteiger partial charge in [0.2, 0.25) is 0 Å². The molecule has 0 fully saturated rings. The van der Waals surface area contributed by atoms with Crippen molar-refractivity contribution in [2.24, 2.45) is 0 Å². The van der Waals surface area contributed by atoms with Crippen molar-refractivity contribution in [3.05, 3.63) is 17.0 Å². The quantitative estimate of drug-likeness (QED) is 0.769. The van der Waals surface area contributed by atoms with E-state index in [1.165, 1.54) is 11.3 Å². The highest BCUT2D eigenvalue weighted by molar-refractivity contribution is 5.24. The van der Waals surface area contributed by atoms with Crippen LogP contribution in [0.5, 0.6) is 0 Å². The lowest BCUT2D eigenvalue weighted by Crippen LogP contribution is -2.29. The van der Waals surface area contributed by atoms with Crippen molar-refractivity contribution >= 4 is 0 Å². The molecule has 0 aliphatic heterocycles. The molecule has 4 heteroatoms. The van der Waals surface area contributed by atoms with Gasteiger partial charge in [-0.25, -0.2) is 0 Å². The molecule has 0 aliphatic carbocycles. The van der Waals surface area contributed by atoms with E-state index in [9.17, 15) is 0 Å². The Morgan fingerprint density at radius 2 is 2.12 bits per heavy atom. The fourth-order valence-electron chi connectivity index (χ4n) is 1.76. The van der Waals surface area contributed by atoms with Gasteiger partial charge in [0.1, 0.15) is 0 Å². The van der Waals surface area contributed by atoms with Gasteiger partial charge in [0.05, 0.1) is 12.3 Å². The van der Waals surface area contributed by atoms with Crippen molar-refractivity contribution in [1.29, 1.82) is 0 Å². The van der Waals surface area contributed by atoms with Gasteiger partial charge in [0.15, 0.2) is 0 Å². The van der Waals surface area contributed by atoms with Crippen LogP contribution >= 0.6 is 0 Å². The molecule has 0 saturated carbocycles. The molecule has 0 bridgehead atoms. The molecule has 92 valence electrons. The Morgan fingerprint density at radius 3 is 2.69 bits per heavy atom. The second-order valence-electron chi connectivity index (χ2n) is 4.34. The van der Waals surface area contributed by atoms with Crippen LogP contribution in [-0.4, -0.2) is 27.5 Å². The molecule has 0 saturated heterocycles. The van der Waals surface area contributed by atoms with E-state index in [4.69, 9.17) is 5.11 Å². The Morgan fingerprint density at radius 1 is 1.44 bits per heavy atom. The van der Waals surface area contributed by atoms with Gasteiger partial charge >= 0.3 is 0 Å². The van der Waals surface area contributed by atoms with E-state index in [0.29, 0.717) is 0 Å². The van der Waals surface area contributed by atoms with Crippen LogP contribution < -0.4 is 5.32 Å². The van der Waals surface area contributed by atoms with Gasteiger partial charge in [-0.1, -0.05) is 6.92 Å². The largest absolute Gasteiger partial charge is 0.395 e. The maximum Gasteiger partial charge on any atom is 0.0641 e. The van der Waals surface area contributed by atoms with Crippen molar-refractivity contribution in [2.45, 2.75) is 53.2 Å². The third-order valence-corrected chi connectivity index (χ3v) is 2.87. The number of aliphatic hydroxyl groups excluding tert-OH is 1. The molecule has 0 radical (unpaired) electrons. The third-order valence-electron chi connectivity index (χ3n) is 2.87. The Labute approximate surface area is 97.7 Å². The Balaban J connectivity index is 2.72. The molecule has 1 unspecified atom stereocenters. The lowest BCUT2D eigenvalue weighted by Gasteiger charge is -2.10. The number of hydrogen-bond acceptors (Lipinski definition) is 3. The van der Waals surface area contributed by atoms with Crippen LogP contribution in [0.4, 0.5) is 0 Å². The van der Waals surface area contributed by atoms with Crippen LogP contribution in [0, 0.1) is 13.8 Å². The Bertz CT molecular complexity index is 333. The lowest BCUT2D eigenvalue weighted by atomic mass is 10.2. The van der Waals surface area contributed by atoms with Crippen LogP contribution in [0.3, 0.4) is 0 Å². The van der Waals surface area contributed by atoms with Crippen molar-refractivity contribution < 1.29 is 5.11 Å². The normalized spacial score (nSPS) is 13.1. The molecule has 1 aromatic heterocycles. The minimum Gasteiger partial charge on any atom is -0.395 e. The molecular weight excluding hydrogens is 202 g/mol. The SMILES string of the molecule is CCCn1nc(C)c(CNC(C)CO)c1C. The minimum atomic E-state index is 0.133. The molecule has 1 rings (SSSR count). The monoisotopic (exact) mass is 225 g/mol. The summed E-state index contributed by atoms with van der Waals surface area (Å²) in [5, 5.41) is 16.8. The summed E-state index contributed by atoms with van der Waals surface area (Å²) in [5.74, 6) is 0. The van der Waals surface area contributed by atoms with Gasteiger partial charge < -0.3 is 10.4 Å². The summed E-state index contributed by atoms with van der Waals surface area (Å²) in [6.45, 7) is 10.2. The predicted molar refractivity (Wildman–Crippen MR) is 65.4 cm³/mol. The lowest BCUT2D eigenvalue weighted by molar-refractivity contribution is 0.251. The van der Waals surface area contributed by atoms with Crippen LogP contribution in [0.2, 0.25) is 0 Å². The number of aliphatic hydroxyl groups is 1. The second kappa shape index (κ2) is 6.01.